The number of pyridine rings is 1. The minimum Gasteiger partial charge on any atom is -0.494 e. The molecule has 1 aromatic carbocycles. The minimum atomic E-state index is -0.0658. The van der Waals surface area contributed by atoms with Crippen LogP contribution in [0.1, 0.15) is 36.1 Å². The van der Waals surface area contributed by atoms with Crippen LogP contribution in [0.5, 0.6) is 5.75 Å². The van der Waals surface area contributed by atoms with Crippen molar-refractivity contribution >= 4 is 0 Å². The van der Waals surface area contributed by atoms with Gasteiger partial charge in [0.1, 0.15) is 5.75 Å². The van der Waals surface area contributed by atoms with Crippen LogP contribution in [0, 0.1) is 6.92 Å². The molecule has 0 saturated heterocycles. The van der Waals surface area contributed by atoms with Gasteiger partial charge in [-0.15, -0.1) is 0 Å². The highest BCUT2D eigenvalue weighted by atomic mass is 16.5. The maximum absolute atomic E-state index is 5.71. The highest BCUT2D eigenvalue weighted by Crippen LogP contribution is 2.25. The molecule has 0 aliphatic rings. The summed E-state index contributed by atoms with van der Waals surface area (Å²) in [5.74, 6) is 6.60. The summed E-state index contributed by atoms with van der Waals surface area (Å²) in [7, 11) is 0. The van der Waals surface area contributed by atoms with E-state index < -0.39 is 0 Å². The molecule has 0 fully saturated rings. The van der Waals surface area contributed by atoms with Crippen LogP contribution in [0.3, 0.4) is 0 Å². The van der Waals surface area contributed by atoms with Gasteiger partial charge in [0.05, 0.1) is 12.6 Å². The largest absolute Gasteiger partial charge is 0.494 e. The first kappa shape index (κ1) is 14.5. The molecule has 106 valence electrons. The third-order valence-corrected chi connectivity index (χ3v) is 3.24. The molecule has 1 atom stereocenters. The van der Waals surface area contributed by atoms with Gasteiger partial charge in [0.25, 0.3) is 0 Å². The quantitative estimate of drug-likeness (QED) is 0.626. The van der Waals surface area contributed by atoms with Crippen molar-refractivity contribution in [1.29, 1.82) is 0 Å². The average Bonchev–Trinajstić information content (AvgIpc) is 2.49. The summed E-state index contributed by atoms with van der Waals surface area (Å²) in [6.07, 6.45) is 4.64. The second kappa shape index (κ2) is 7.03. The van der Waals surface area contributed by atoms with Gasteiger partial charge in [0.15, 0.2) is 0 Å². The van der Waals surface area contributed by atoms with Gasteiger partial charge in [0, 0.05) is 12.4 Å². The first-order valence-electron chi connectivity index (χ1n) is 6.85. The highest BCUT2D eigenvalue weighted by Gasteiger charge is 2.14. The van der Waals surface area contributed by atoms with Crippen LogP contribution in [0.2, 0.25) is 0 Å². The first-order valence-corrected chi connectivity index (χ1v) is 6.85. The second-order valence-electron chi connectivity index (χ2n) is 4.75. The summed E-state index contributed by atoms with van der Waals surface area (Å²) in [5, 5.41) is 0. The van der Waals surface area contributed by atoms with E-state index in [0.29, 0.717) is 0 Å². The zero-order valence-electron chi connectivity index (χ0n) is 12.0. The van der Waals surface area contributed by atoms with Gasteiger partial charge in [0.2, 0.25) is 0 Å². The summed E-state index contributed by atoms with van der Waals surface area (Å²) < 4.78 is 5.59. The Hall–Kier alpha value is -1.91. The summed E-state index contributed by atoms with van der Waals surface area (Å²) in [4.78, 5) is 4.18. The molecule has 0 saturated carbocycles. The van der Waals surface area contributed by atoms with Gasteiger partial charge >= 0.3 is 0 Å². The molecule has 0 aliphatic carbocycles. The van der Waals surface area contributed by atoms with E-state index in [1.165, 1.54) is 0 Å². The Morgan fingerprint density at radius 1 is 1.25 bits per heavy atom. The molecule has 2 rings (SSSR count). The lowest BCUT2D eigenvalue weighted by molar-refractivity contribution is 0.317. The zero-order valence-corrected chi connectivity index (χ0v) is 12.0. The van der Waals surface area contributed by atoms with Gasteiger partial charge in [-0.2, -0.15) is 0 Å². The predicted octanol–water partition coefficient (Wildman–Crippen LogP) is 2.73. The number of nitrogens with two attached hydrogens (primary N) is 1. The van der Waals surface area contributed by atoms with Crippen LogP contribution in [0.4, 0.5) is 0 Å². The molecular weight excluding hydrogens is 250 g/mol. The number of rotatable bonds is 6. The Bertz CT molecular complexity index is 540. The molecule has 2 aromatic rings. The molecule has 0 spiro atoms. The third-order valence-electron chi connectivity index (χ3n) is 3.24. The fourth-order valence-electron chi connectivity index (χ4n) is 2.12. The lowest BCUT2D eigenvalue weighted by Crippen LogP contribution is -2.29. The van der Waals surface area contributed by atoms with Gasteiger partial charge in [-0.3, -0.25) is 10.8 Å². The van der Waals surface area contributed by atoms with Crippen molar-refractivity contribution in [2.45, 2.75) is 26.3 Å². The molecule has 4 nitrogen and oxygen atoms in total. The monoisotopic (exact) mass is 271 g/mol. The Morgan fingerprint density at radius 2 is 2.00 bits per heavy atom. The van der Waals surface area contributed by atoms with Crippen molar-refractivity contribution in [3.63, 3.8) is 0 Å². The molecule has 20 heavy (non-hydrogen) atoms. The molecule has 0 amide bonds. The number of nitrogens with zero attached hydrogens (tertiary/aromatic N) is 1. The molecular formula is C16H21N3O. The van der Waals surface area contributed by atoms with Crippen molar-refractivity contribution in [1.82, 2.24) is 10.4 Å². The lowest BCUT2D eigenvalue weighted by atomic mass is 9.97. The molecule has 0 radical (unpaired) electrons. The van der Waals surface area contributed by atoms with Crippen LogP contribution in [0.15, 0.2) is 42.7 Å². The number of hydrogen-bond donors (Lipinski definition) is 2. The molecule has 1 aromatic heterocycles. The third kappa shape index (κ3) is 3.35. The summed E-state index contributed by atoms with van der Waals surface area (Å²) >= 11 is 0. The van der Waals surface area contributed by atoms with Crippen LogP contribution in [-0.4, -0.2) is 11.6 Å². The summed E-state index contributed by atoms with van der Waals surface area (Å²) in [6, 6.07) is 9.92. The van der Waals surface area contributed by atoms with Gasteiger partial charge in [-0.25, -0.2) is 5.43 Å². The highest BCUT2D eigenvalue weighted by molar-refractivity contribution is 5.37. The molecule has 1 unspecified atom stereocenters. The van der Waals surface area contributed by atoms with Crippen LogP contribution < -0.4 is 16.0 Å². The van der Waals surface area contributed by atoms with Crippen LogP contribution in [0.25, 0.3) is 0 Å². The number of aryl methyl sites for hydroxylation is 1. The molecule has 0 bridgehead atoms. The van der Waals surface area contributed by atoms with E-state index in [0.717, 1.165) is 35.5 Å². The summed E-state index contributed by atoms with van der Waals surface area (Å²) in [5.41, 5.74) is 6.19. The predicted molar refractivity (Wildman–Crippen MR) is 80.4 cm³/mol. The van der Waals surface area contributed by atoms with E-state index in [-0.39, 0.29) is 6.04 Å². The zero-order chi connectivity index (χ0) is 14.4. The minimum absolute atomic E-state index is 0.0658. The Labute approximate surface area is 120 Å². The van der Waals surface area contributed by atoms with E-state index in [1.807, 2.05) is 36.5 Å². The standard InChI is InChI=1S/C16H21N3O/c1-3-10-20-14-6-4-13(5-7-14)16(19-17)15-11-18-9-8-12(15)2/h4-9,11,16,19H,3,10,17H2,1-2H3. The fourth-order valence-corrected chi connectivity index (χ4v) is 2.12. The van der Waals surface area contributed by atoms with E-state index in [2.05, 4.69) is 24.3 Å². The molecule has 3 N–H and O–H groups in total. The van der Waals surface area contributed by atoms with Crippen molar-refractivity contribution in [2.75, 3.05) is 6.61 Å². The smallest absolute Gasteiger partial charge is 0.119 e. The van der Waals surface area contributed by atoms with Gasteiger partial charge in [-0.1, -0.05) is 19.1 Å². The number of hydrazine groups is 1. The maximum atomic E-state index is 5.71. The van der Waals surface area contributed by atoms with Crippen molar-refractivity contribution < 1.29 is 4.74 Å². The Balaban J connectivity index is 2.22. The number of ether oxygens (including phenoxy) is 1. The number of benzene rings is 1. The van der Waals surface area contributed by atoms with Crippen LogP contribution >= 0.6 is 0 Å². The first-order chi connectivity index (χ1) is 9.76. The van der Waals surface area contributed by atoms with Gasteiger partial charge in [-0.05, 0) is 48.2 Å². The number of nitrogens with one attached hydrogen (secondary N) is 1. The second-order valence-corrected chi connectivity index (χ2v) is 4.75. The topological polar surface area (TPSA) is 60.2 Å². The van der Waals surface area contributed by atoms with E-state index in [9.17, 15) is 0 Å². The number of hydrogen-bond acceptors (Lipinski definition) is 4. The summed E-state index contributed by atoms with van der Waals surface area (Å²) in [6.45, 7) is 4.88. The lowest BCUT2D eigenvalue weighted by Gasteiger charge is -2.19. The normalized spacial score (nSPS) is 12.2. The maximum Gasteiger partial charge on any atom is 0.119 e. The Kier molecular flexibility index (Phi) is 5.09. The van der Waals surface area contributed by atoms with Gasteiger partial charge < -0.3 is 4.74 Å². The van der Waals surface area contributed by atoms with E-state index in [1.54, 1.807) is 6.20 Å². The van der Waals surface area contributed by atoms with Crippen molar-refractivity contribution in [3.05, 3.63) is 59.4 Å². The molecule has 0 aliphatic heterocycles. The molecule has 1 heterocycles. The van der Waals surface area contributed by atoms with Crippen molar-refractivity contribution in [3.8, 4) is 5.75 Å². The fraction of sp³-hybridized carbons (Fsp3) is 0.312. The Morgan fingerprint density at radius 3 is 2.60 bits per heavy atom. The number of aromatic nitrogens is 1. The molecule has 4 heteroatoms. The SMILES string of the molecule is CCCOc1ccc(C(NN)c2cnccc2C)cc1. The van der Waals surface area contributed by atoms with Crippen LogP contribution in [-0.2, 0) is 0 Å². The van der Waals surface area contributed by atoms with E-state index >= 15 is 0 Å². The van der Waals surface area contributed by atoms with Crippen molar-refractivity contribution in [2.24, 2.45) is 5.84 Å². The average molecular weight is 271 g/mol. The van der Waals surface area contributed by atoms with E-state index in [4.69, 9.17) is 10.6 Å².